The van der Waals surface area contributed by atoms with E-state index in [4.69, 9.17) is 4.74 Å². The third-order valence-corrected chi connectivity index (χ3v) is 3.81. The van der Waals surface area contributed by atoms with Crippen LogP contribution in [0.15, 0.2) is 23.9 Å². The van der Waals surface area contributed by atoms with Gasteiger partial charge < -0.3 is 15.0 Å². The Kier molecular flexibility index (Phi) is 9.10. The Morgan fingerprint density at radius 3 is 2.70 bits per heavy atom. The van der Waals surface area contributed by atoms with Gasteiger partial charge in [0.25, 0.3) is 0 Å². The van der Waals surface area contributed by atoms with Crippen LogP contribution in [0.5, 0.6) is 0 Å². The molecule has 5 heteroatoms. The normalized spacial score (nSPS) is 15.1. The van der Waals surface area contributed by atoms with Crippen LogP contribution in [0.2, 0.25) is 0 Å². The van der Waals surface area contributed by atoms with E-state index in [1.807, 2.05) is 31.0 Å². The van der Waals surface area contributed by atoms with Crippen molar-refractivity contribution in [2.45, 2.75) is 65.5 Å². The van der Waals surface area contributed by atoms with Crippen molar-refractivity contribution in [3.8, 4) is 0 Å². The summed E-state index contributed by atoms with van der Waals surface area (Å²) in [7, 11) is 0. The monoisotopic (exact) mass is 322 g/mol. The number of unbranched alkanes of at least 4 members (excludes halogenated alkanes) is 4. The fourth-order valence-corrected chi connectivity index (χ4v) is 2.43. The minimum absolute atomic E-state index is 0.0729. The second-order valence-electron chi connectivity index (χ2n) is 5.82. The summed E-state index contributed by atoms with van der Waals surface area (Å²) in [4.78, 5) is 25.6. The van der Waals surface area contributed by atoms with Crippen molar-refractivity contribution in [3.63, 3.8) is 0 Å². The quantitative estimate of drug-likeness (QED) is 0.496. The van der Waals surface area contributed by atoms with Crippen LogP contribution in [0.4, 0.5) is 0 Å². The van der Waals surface area contributed by atoms with Crippen LogP contribution < -0.4 is 5.32 Å². The fraction of sp³-hybridized carbons (Fsp3) is 0.667. The van der Waals surface area contributed by atoms with Gasteiger partial charge in [0.1, 0.15) is 0 Å². The molecular formula is C18H30N2O3. The van der Waals surface area contributed by atoms with Gasteiger partial charge in [-0.25, -0.2) is 0 Å². The van der Waals surface area contributed by atoms with E-state index in [0.717, 1.165) is 12.8 Å². The van der Waals surface area contributed by atoms with E-state index in [1.165, 1.54) is 19.3 Å². The molecule has 0 fully saturated rings. The molecule has 1 rings (SSSR count). The molecule has 130 valence electrons. The average Bonchev–Trinajstić information content (AvgIpc) is 2.55. The van der Waals surface area contributed by atoms with E-state index in [-0.39, 0.29) is 18.1 Å². The Morgan fingerprint density at radius 1 is 1.26 bits per heavy atom. The Labute approximate surface area is 139 Å². The number of allylic oxidation sites excluding steroid dienone is 2. The molecular weight excluding hydrogens is 292 g/mol. The Hall–Kier alpha value is -1.78. The average molecular weight is 322 g/mol. The van der Waals surface area contributed by atoms with Crippen molar-refractivity contribution in [1.82, 2.24) is 10.2 Å². The van der Waals surface area contributed by atoms with Gasteiger partial charge in [-0.3, -0.25) is 9.59 Å². The maximum Gasteiger partial charge on any atom is 0.307 e. The summed E-state index contributed by atoms with van der Waals surface area (Å²) in [5.74, 6) is -0.243. The lowest BCUT2D eigenvalue weighted by molar-refractivity contribution is -0.155. The first kappa shape index (κ1) is 19.3. The molecule has 0 radical (unpaired) electrons. The summed E-state index contributed by atoms with van der Waals surface area (Å²) in [6, 6.07) is 0. The second kappa shape index (κ2) is 10.9. The number of rotatable bonds is 10. The molecule has 1 heterocycles. The van der Waals surface area contributed by atoms with Crippen LogP contribution in [0, 0.1) is 0 Å². The molecule has 1 aliphatic heterocycles. The van der Waals surface area contributed by atoms with Crippen LogP contribution in [-0.2, 0) is 14.3 Å². The summed E-state index contributed by atoms with van der Waals surface area (Å²) in [6.07, 6.45) is 11.1. The largest absolute Gasteiger partial charge is 0.442 e. The Balaban J connectivity index is 2.33. The van der Waals surface area contributed by atoms with Gasteiger partial charge in [-0.15, -0.1) is 0 Å². The second-order valence-corrected chi connectivity index (χ2v) is 5.82. The number of ether oxygens (including phenoxy) is 1. The molecule has 0 aliphatic carbocycles. The number of carbonyl (C=O) groups is 2. The zero-order valence-electron chi connectivity index (χ0n) is 14.6. The number of hydrogen-bond donors (Lipinski definition) is 1. The van der Waals surface area contributed by atoms with Gasteiger partial charge in [-0.1, -0.05) is 38.7 Å². The van der Waals surface area contributed by atoms with Gasteiger partial charge in [0, 0.05) is 24.7 Å². The number of nitrogens with one attached hydrogen (secondary N) is 1. The molecule has 0 aromatic rings. The summed E-state index contributed by atoms with van der Waals surface area (Å²) in [5, 5.41) is 2.78. The molecule has 1 unspecified atom stereocenters. The molecule has 1 atom stereocenters. The van der Waals surface area contributed by atoms with Gasteiger partial charge in [0.05, 0.1) is 6.54 Å². The lowest BCUT2D eigenvalue weighted by atomic mass is 10.1. The summed E-state index contributed by atoms with van der Waals surface area (Å²) < 4.78 is 5.46. The van der Waals surface area contributed by atoms with E-state index in [0.29, 0.717) is 25.1 Å². The molecule has 0 aromatic heterocycles. The number of likely N-dealkylation sites (N-methyl/N-ethyl adjacent to an activating group) is 1. The van der Waals surface area contributed by atoms with Crippen molar-refractivity contribution in [2.24, 2.45) is 0 Å². The molecule has 1 N–H and O–H groups in total. The van der Waals surface area contributed by atoms with Crippen LogP contribution in [0.1, 0.15) is 59.3 Å². The lowest BCUT2D eigenvalue weighted by Gasteiger charge is -2.29. The van der Waals surface area contributed by atoms with Gasteiger partial charge in [0.15, 0.2) is 6.23 Å². The van der Waals surface area contributed by atoms with Crippen molar-refractivity contribution in [2.75, 3.05) is 13.1 Å². The third kappa shape index (κ3) is 7.35. The molecule has 0 spiro atoms. The first-order valence-electron chi connectivity index (χ1n) is 8.69. The molecule has 1 amide bonds. The van der Waals surface area contributed by atoms with E-state index in [2.05, 4.69) is 12.2 Å². The SMILES string of the molecule is CCCCCCCC(=O)OC(C)N1C=CC=C(C(=O)NCC)C1. The smallest absolute Gasteiger partial charge is 0.307 e. The Morgan fingerprint density at radius 2 is 2.00 bits per heavy atom. The van der Waals surface area contributed by atoms with Crippen molar-refractivity contribution < 1.29 is 14.3 Å². The van der Waals surface area contributed by atoms with Crippen LogP contribution in [0.25, 0.3) is 0 Å². The van der Waals surface area contributed by atoms with Crippen LogP contribution >= 0.6 is 0 Å². The van der Waals surface area contributed by atoms with Crippen LogP contribution in [-0.4, -0.2) is 36.1 Å². The van der Waals surface area contributed by atoms with E-state index < -0.39 is 0 Å². The molecule has 0 saturated heterocycles. The molecule has 1 aliphatic rings. The number of amides is 1. The topological polar surface area (TPSA) is 58.6 Å². The highest BCUT2D eigenvalue weighted by Crippen LogP contribution is 2.13. The highest BCUT2D eigenvalue weighted by atomic mass is 16.6. The standard InChI is InChI=1S/C18H30N2O3/c1-4-6-7-8-9-12-17(21)23-15(3)20-13-10-11-16(14-20)18(22)19-5-2/h10-11,13,15H,4-9,12,14H2,1-3H3,(H,19,22). The minimum Gasteiger partial charge on any atom is -0.442 e. The third-order valence-electron chi connectivity index (χ3n) is 3.81. The zero-order chi connectivity index (χ0) is 17.1. The number of hydrogen-bond acceptors (Lipinski definition) is 4. The maximum absolute atomic E-state index is 11.9. The van der Waals surface area contributed by atoms with E-state index in [1.54, 1.807) is 6.08 Å². The first-order valence-corrected chi connectivity index (χ1v) is 8.69. The predicted molar refractivity (Wildman–Crippen MR) is 91.5 cm³/mol. The number of esters is 1. The number of carbonyl (C=O) groups excluding carboxylic acids is 2. The van der Waals surface area contributed by atoms with Gasteiger partial charge in [0.2, 0.25) is 5.91 Å². The minimum atomic E-state index is -0.368. The highest BCUT2D eigenvalue weighted by molar-refractivity contribution is 5.94. The zero-order valence-corrected chi connectivity index (χ0v) is 14.6. The summed E-state index contributed by atoms with van der Waals surface area (Å²) >= 11 is 0. The molecule has 5 nitrogen and oxygen atoms in total. The predicted octanol–water partition coefficient (Wildman–Crippen LogP) is 3.13. The molecule has 0 aromatic carbocycles. The molecule has 23 heavy (non-hydrogen) atoms. The van der Waals surface area contributed by atoms with Crippen LogP contribution in [0.3, 0.4) is 0 Å². The van der Waals surface area contributed by atoms with Crippen molar-refractivity contribution in [1.29, 1.82) is 0 Å². The van der Waals surface area contributed by atoms with E-state index >= 15 is 0 Å². The maximum atomic E-state index is 11.9. The first-order chi connectivity index (χ1) is 11.1. The van der Waals surface area contributed by atoms with Gasteiger partial charge in [-0.05, 0) is 26.3 Å². The Bertz CT molecular complexity index is 444. The highest BCUT2D eigenvalue weighted by Gasteiger charge is 2.20. The molecule has 0 saturated carbocycles. The van der Waals surface area contributed by atoms with Crippen molar-refractivity contribution >= 4 is 11.9 Å². The summed E-state index contributed by atoms with van der Waals surface area (Å²) in [5.41, 5.74) is 0.678. The van der Waals surface area contributed by atoms with Gasteiger partial charge in [-0.2, -0.15) is 0 Å². The summed E-state index contributed by atoms with van der Waals surface area (Å²) in [6.45, 7) is 6.95. The fourth-order valence-electron chi connectivity index (χ4n) is 2.43. The number of nitrogens with zero attached hydrogens (tertiary/aromatic N) is 1. The van der Waals surface area contributed by atoms with E-state index in [9.17, 15) is 9.59 Å². The molecule has 0 bridgehead atoms. The van der Waals surface area contributed by atoms with Crippen molar-refractivity contribution in [3.05, 3.63) is 23.9 Å². The van der Waals surface area contributed by atoms with Gasteiger partial charge >= 0.3 is 5.97 Å². The lowest BCUT2D eigenvalue weighted by Crippen LogP contribution is -2.38.